The van der Waals surface area contributed by atoms with Gasteiger partial charge in [0, 0.05) is 61.5 Å². The highest BCUT2D eigenvalue weighted by Crippen LogP contribution is 2.56. The number of nitrogens with zero attached hydrogens (tertiary/aromatic N) is 3. The zero-order valence-corrected chi connectivity index (χ0v) is 57.0. The first kappa shape index (κ1) is 59.3. The van der Waals surface area contributed by atoms with Gasteiger partial charge in [-0.1, -0.05) is 312 Å². The van der Waals surface area contributed by atoms with Crippen molar-refractivity contribution >= 4 is 111 Å². The normalized spacial score (nSPS) is 12.6. The van der Waals surface area contributed by atoms with Gasteiger partial charge in [-0.2, -0.15) is 0 Å². The molecule has 2 aliphatic heterocycles. The molecule has 2 aliphatic rings. The zero-order chi connectivity index (χ0) is 67.7. The Hall–Kier alpha value is -12.8. The van der Waals surface area contributed by atoms with Crippen molar-refractivity contribution in [3.8, 4) is 83.6 Å². The Labute approximate surface area is 595 Å². The molecule has 0 atom stereocenters. The predicted molar refractivity (Wildman–Crippen MR) is 435 cm³/mol. The van der Waals surface area contributed by atoms with Gasteiger partial charge in [-0.25, -0.2) is 0 Å². The third-order valence-corrected chi connectivity index (χ3v) is 21.8. The van der Waals surface area contributed by atoms with Gasteiger partial charge in [0.1, 0.15) is 0 Å². The van der Waals surface area contributed by atoms with E-state index in [0.29, 0.717) is 0 Å². The van der Waals surface area contributed by atoms with Gasteiger partial charge in [0.25, 0.3) is 6.71 Å². The van der Waals surface area contributed by atoms with Crippen LogP contribution in [0.25, 0.3) is 138 Å². The van der Waals surface area contributed by atoms with Gasteiger partial charge in [0.2, 0.25) is 0 Å². The summed E-state index contributed by atoms with van der Waals surface area (Å²) in [6.45, 7) is 6.95. The summed E-state index contributed by atoms with van der Waals surface area (Å²) in [6, 6.07) is 135. The largest absolute Gasteiger partial charge is 0.310 e. The Morgan fingerprint density at radius 2 is 0.647 bits per heavy atom. The van der Waals surface area contributed by atoms with Crippen LogP contribution in [0.15, 0.2) is 358 Å². The quantitative estimate of drug-likeness (QED) is 0.0999. The maximum Gasteiger partial charge on any atom is 0.252 e. The van der Waals surface area contributed by atoms with E-state index in [0.717, 1.165) is 112 Å². The lowest BCUT2D eigenvalue weighted by Gasteiger charge is -2.46. The molecule has 17 aromatic carbocycles. The van der Waals surface area contributed by atoms with Crippen LogP contribution in [0.5, 0.6) is 0 Å². The van der Waals surface area contributed by atoms with Crippen LogP contribution in [-0.2, 0) is 5.41 Å². The van der Waals surface area contributed by atoms with Crippen molar-refractivity contribution in [3.63, 3.8) is 0 Å². The Balaban J connectivity index is 0.963. The highest BCUT2D eigenvalue weighted by Gasteiger charge is 2.46. The van der Waals surface area contributed by atoms with Crippen molar-refractivity contribution in [2.75, 3.05) is 9.80 Å². The van der Waals surface area contributed by atoms with Crippen LogP contribution in [0.4, 0.5) is 34.1 Å². The number of hydrogen-bond donors (Lipinski definition) is 0. The fourth-order valence-corrected chi connectivity index (χ4v) is 17.1. The van der Waals surface area contributed by atoms with E-state index in [1.165, 1.54) is 81.6 Å². The van der Waals surface area contributed by atoms with Gasteiger partial charge < -0.3 is 14.4 Å². The Kier molecular flexibility index (Phi) is 13.6. The van der Waals surface area contributed by atoms with Crippen LogP contribution >= 0.6 is 0 Å². The van der Waals surface area contributed by atoms with Crippen LogP contribution < -0.4 is 26.2 Å². The van der Waals surface area contributed by atoms with E-state index >= 15 is 0 Å². The predicted octanol–water partition coefficient (Wildman–Crippen LogP) is 24.7. The van der Waals surface area contributed by atoms with Gasteiger partial charge in [0.05, 0.1) is 22.4 Å². The third-order valence-electron chi connectivity index (χ3n) is 21.8. The maximum absolute atomic E-state index is 2.73. The number of para-hydroxylation sites is 2. The molecule has 0 amide bonds. The summed E-state index contributed by atoms with van der Waals surface area (Å²) < 4.78 is 2.50. The van der Waals surface area contributed by atoms with Gasteiger partial charge >= 0.3 is 0 Å². The molecule has 0 saturated carbocycles. The van der Waals surface area contributed by atoms with Crippen molar-refractivity contribution in [1.82, 2.24) is 4.57 Å². The molecule has 0 aliphatic carbocycles. The van der Waals surface area contributed by atoms with E-state index in [2.05, 4.69) is 393 Å². The van der Waals surface area contributed by atoms with Gasteiger partial charge in [-0.15, -0.1) is 0 Å². The molecule has 0 spiro atoms. The van der Waals surface area contributed by atoms with Crippen molar-refractivity contribution in [2.45, 2.75) is 26.2 Å². The first-order chi connectivity index (χ1) is 50.3. The summed E-state index contributed by atoms with van der Waals surface area (Å²) in [4.78, 5) is 5.44. The smallest absolute Gasteiger partial charge is 0.252 e. The molecular formula is C98H68BN3. The van der Waals surface area contributed by atoms with Crippen LogP contribution in [0.3, 0.4) is 0 Å². The molecule has 478 valence electrons. The second-order valence-corrected chi connectivity index (χ2v) is 28.7. The number of fused-ring (bicyclic) bond motifs is 7. The molecule has 1 aromatic heterocycles. The second-order valence-electron chi connectivity index (χ2n) is 28.7. The number of rotatable bonds is 10. The summed E-state index contributed by atoms with van der Waals surface area (Å²) in [5.41, 5.74) is 30.9. The Morgan fingerprint density at radius 1 is 0.255 bits per heavy atom. The Morgan fingerprint density at radius 3 is 1.11 bits per heavy atom. The molecule has 0 saturated heterocycles. The van der Waals surface area contributed by atoms with Crippen LogP contribution in [0.1, 0.15) is 26.3 Å². The lowest BCUT2D eigenvalue weighted by molar-refractivity contribution is 0.590. The number of aromatic nitrogens is 1. The van der Waals surface area contributed by atoms with E-state index in [1.807, 2.05) is 0 Å². The summed E-state index contributed by atoms with van der Waals surface area (Å²) >= 11 is 0. The van der Waals surface area contributed by atoms with Crippen LogP contribution in [0.2, 0.25) is 0 Å². The first-order valence-corrected chi connectivity index (χ1v) is 35.7. The maximum atomic E-state index is 2.73. The van der Waals surface area contributed by atoms with Crippen molar-refractivity contribution in [2.24, 2.45) is 0 Å². The molecule has 4 heteroatoms. The van der Waals surface area contributed by atoms with E-state index in [4.69, 9.17) is 0 Å². The van der Waals surface area contributed by atoms with Crippen molar-refractivity contribution in [1.29, 1.82) is 0 Å². The van der Waals surface area contributed by atoms with Gasteiger partial charge in [-0.05, 0) is 182 Å². The highest BCUT2D eigenvalue weighted by molar-refractivity contribution is 7.00. The van der Waals surface area contributed by atoms with E-state index < -0.39 is 0 Å². The number of anilines is 6. The molecule has 3 nitrogen and oxygen atoms in total. The first-order valence-electron chi connectivity index (χ1n) is 35.7. The average Bonchev–Trinajstić information content (AvgIpc) is 0.741. The minimum atomic E-state index is -0.337. The van der Waals surface area contributed by atoms with Gasteiger partial charge in [0.15, 0.2) is 0 Å². The molecular weight excluding hydrogens is 1230 g/mol. The van der Waals surface area contributed by atoms with Crippen LogP contribution in [0, 0.1) is 0 Å². The standard InChI is InChI=1S/C98H68BN3/c1-98(2,3)75-60-91-95-92(61-75)102(97-83(67-35-18-8-19-36-67)57-74(64-29-12-5-13-30-64)58-84(97)68-37-20-9-21-38-68)90-62-76(100-87-43-24-22-41-78(87)79-42-23-25-44-88(79)100)50-54-86(90)99(95)85-53-49-72(77-51-47-71-46-45-69-39-26-40-70-48-52-80(77)94(71)93(69)70)59-89(85)101(91)96-81(65-31-14-6-15-32-65)55-73(63-27-10-4-11-28-63)56-82(96)66-33-16-7-17-34-66/h4-62H,1-3H3. The zero-order valence-electron chi connectivity index (χ0n) is 57.0. The van der Waals surface area contributed by atoms with Gasteiger partial charge in [-0.3, -0.25) is 0 Å². The van der Waals surface area contributed by atoms with E-state index in [-0.39, 0.29) is 12.1 Å². The summed E-state index contributed by atoms with van der Waals surface area (Å²) in [5.74, 6) is 0. The fraction of sp³-hybridized carbons (Fsp3) is 0.0408. The average molecular weight is 1300 g/mol. The summed E-state index contributed by atoms with van der Waals surface area (Å²) in [7, 11) is 0. The molecule has 0 fully saturated rings. The molecule has 0 unspecified atom stereocenters. The SMILES string of the molecule is CC(C)(C)c1cc2c3c(c1)N(c1c(-c4ccccc4)cc(-c4ccccc4)cc1-c1ccccc1)c1cc(-n4c5ccccc5c5ccccc54)ccc1B3c1ccc(-c3ccc4ccc5cccc6ccc3c4c56)cc1N2c1c(-c2ccccc2)cc(-c2ccccc2)cc1-c1ccccc1. The highest BCUT2D eigenvalue weighted by atomic mass is 15.2. The van der Waals surface area contributed by atoms with E-state index in [1.54, 1.807) is 0 Å². The Bertz CT molecular complexity index is 6150. The topological polar surface area (TPSA) is 11.4 Å². The minimum absolute atomic E-state index is 0.239. The lowest BCUT2D eigenvalue weighted by atomic mass is 9.33. The number of benzene rings is 17. The minimum Gasteiger partial charge on any atom is -0.310 e. The molecule has 20 rings (SSSR count). The molecule has 0 radical (unpaired) electrons. The number of hydrogen-bond acceptors (Lipinski definition) is 2. The lowest BCUT2D eigenvalue weighted by Crippen LogP contribution is -2.61. The summed E-state index contributed by atoms with van der Waals surface area (Å²) in [5, 5.41) is 10.1. The monoisotopic (exact) mass is 1300 g/mol. The van der Waals surface area contributed by atoms with Crippen molar-refractivity contribution < 1.29 is 0 Å². The second kappa shape index (κ2) is 23.4. The molecule has 18 aromatic rings. The van der Waals surface area contributed by atoms with E-state index in [9.17, 15) is 0 Å². The molecule has 0 N–H and O–H groups in total. The molecule has 3 heterocycles. The third kappa shape index (κ3) is 9.44. The fourth-order valence-electron chi connectivity index (χ4n) is 17.1. The van der Waals surface area contributed by atoms with Crippen molar-refractivity contribution in [3.05, 3.63) is 363 Å². The molecule has 0 bridgehead atoms. The summed E-state index contributed by atoms with van der Waals surface area (Å²) in [6.07, 6.45) is 0. The van der Waals surface area contributed by atoms with Crippen LogP contribution in [-0.4, -0.2) is 11.3 Å². The molecule has 102 heavy (non-hydrogen) atoms.